The summed E-state index contributed by atoms with van der Waals surface area (Å²) < 4.78 is 10.3. The maximum absolute atomic E-state index is 12.2. The predicted molar refractivity (Wildman–Crippen MR) is 86.1 cm³/mol. The van der Waals surface area contributed by atoms with Gasteiger partial charge in [-0.25, -0.2) is 0 Å². The van der Waals surface area contributed by atoms with Gasteiger partial charge in [-0.3, -0.25) is 4.79 Å². The second kappa shape index (κ2) is 7.29. The van der Waals surface area contributed by atoms with Crippen molar-refractivity contribution >= 4 is 29.0 Å². The minimum Gasteiger partial charge on any atom is -0.497 e. The van der Waals surface area contributed by atoms with E-state index in [1.807, 2.05) is 23.6 Å². The molecular weight excluding hydrogens is 300 g/mol. The number of anilines is 1. The van der Waals surface area contributed by atoms with Crippen molar-refractivity contribution < 1.29 is 14.3 Å². The minimum atomic E-state index is -0.487. The normalized spacial score (nSPS) is 10.7. The smallest absolute Gasteiger partial charge is 0.266 e. The molecule has 0 atom stereocenters. The van der Waals surface area contributed by atoms with E-state index in [0.29, 0.717) is 17.2 Å². The molecule has 2 rings (SSSR count). The number of methoxy groups -OCH3 is 2. The molecule has 22 heavy (non-hydrogen) atoms. The van der Waals surface area contributed by atoms with Gasteiger partial charge >= 0.3 is 0 Å². The molecule has 0 spiro atoms. The number of carbonyl (C=O) groups is 1. The summed E-state index contributed by atoms with van der Waals surface area (Å²) in [6.45, 7) is 0. The number of hydrogen-bond acceptors (Lipinski definition) is 5. The third kappa shape index (κ3) is 3.65. The summed E-state index contributed by atoms with van der Waals surface area (Å²) in [5.41, 5.74) is 0.501. The molecule has 5 nitrogen and oxygen atoms in total. The lowest BCUT2D eigenvalue weighted by atomic mass is 10.2. The second-order valence-corrected chi connectivity index (χ2v) is 5.18. The molecule has 0 unspecified atom stereocenters. The highest BCUT2D eigenvalue weighted by atomic mass is 32.1. The fourth-order valence-electron chi connectivity index (χ4n) is 1.76. The molecule has 0 aliphatic heterocycles. The average molecular weight is 314 g/mol. The molecular formula is C16H14N2O3S. The van der Waals surface area contributed by atoms with Crippen LogP contribution in [0.5, 0.6) is 11.5 Å². The van der Waals surface area contributed by atoms with E-state index < -0.39 is 5.91 Å². The van der Waals surface area contributed by atoms with Gasteiger partial charge in [0, 0.05) is 10.9 Å². The molecule has 2 aromatic rings. The maximum Gasteiger partial charge on any atom is 0.266 e. The number of carbonyl (C=O) groups excluding carboxylic acids is 1. The van der Waals surface area contributed by atoms with Crippen LogP contribution in [0.2, 0.25) is 0 Å². The fourth-order valence-corrected chi connectivity index (χ4v) is 2.41. The van der Waals surface area contributed by atoms with Gasteiger partial charge in [0.05, 0.1) is 19.9 Å². The van der Waals surface area contributed by atoms with Crippen LogP contribution in [0.1, 0.15) is 4.88 Å². The number of nitrogens with zero attached hydrogens (tertiary/aromatic N) is 1. The number of nitriles is 1. The molecule has 0 saturated heterocycles. The molecule has 0 saturated carbocycles. The molecule has 0 aliphatic rings. The standard InChI is InChI=1S/C16H14N2O3S/c1-20-12-5-6-14(15(9-12)21-2)18-16(19)11(10-17)8-13-4-3-7-22-13/h3-9H,1-2H3,(H,18,19). The lowest BCUT2D eigenvalue weighted by Gasteiger charge is -2.11. The summed E-state index contributed by atoms with van der Waals surface area (Å²) >= 11 is 1.45. The molecule has 0 fully saturated rings. The first-order chi connectivity index (χ1) is 10.7. The third-order valence-corrected chi connectivity index (χ3v) is 3.67. The molecule has 1 N–H and O–H groups in total. The van der Waals surface area contributed by atoms with Crippen molar-refractivity contribution in [3.8, 4) is 17.6 Å². The number of hydrogen-bond donors (Lipinski definition) is 1. The monoisotopic (exact) mass is 314 g/mol. The highest BCUT2D eigenvalue weighted by Crippen LogP contribution is 2.29. The molecule has 1 aromatic carbocycles. The van der Waals surface area contributed by atoms with Crippen LogP contribution in [0.4, 0.5) is 5.69 Å². The summed E-state index contributed by atoms with van der Waals surface area (Å²) in [4.78, 5) is 13.0. The van der Waals surface area contributed by atoms with Crippen LogP contribution in [-0.2, 0) is 4.79 Å². The minimum absolute atomic E-state index is 0.0281. The van der Waals surface area contributed by atoms with Crippen LogP contribution >= 0.6 is 11.3 Å². The number of amides is 1. The van der Waals surface area contributed by atoms with E-state index >= 15 is 0 Å². The number of benzene rings is 1. The zero-order valence-corrected chi connectivity index (χ0v) is 12.9. The Balaban J connectivity index is 2.23. The van der Waals surface area contributed by atoms with E-state index in [9.17, 15) is 4.79 Å². The van der Waals surface area contributed by atoms with Crippen LogP contribution in [0.15, 0.2) is 41.3 Å². The Labute approximate surface area is 132 Å². The van der Waals surface area contributed by atoms with Gasteiger partial charge in [-0.2, -0.15) is 5.26 Å². The Bertz CT molecular complexity index is 730. The van der Waals surface area contributed by atoms with Crippen molar-refractivity contribution in [1.29, 1.82) is 5.26 Å². The highest BCUT2D eigenvalue weighted by Gasteiger charge is 2.13. The van der Waals surface area contributed by atoms with E-state index in [4.69, 9.17) is 14.7 Å². The van der Waals surface area contributed by atoms with Crippen LogP contribution in [0, 0.1) is 11.3 Å². The Kier molecular flexibility index (Phi) is 5.17. The molecule has 0 bridgehead atoms. The topological polar surface area (TPSA) is 71.3 Å². The summed E-state index contributed by atoms with van der Waals surface area (Å²) in [5, 5.41) is 13.7. The highest BCUT2D eigenvalue weighted by molar-refractivity contribution is 7.10. The molecule has 6 heteroatoms. The zero-order valence-electron chi connectivity index (χ0n) is 12.1. The number of rotatable bonds is 5. The summed E-state index contributed by atoms with van der Waals surface area (Å²) in [5.74, 6) is 0.588. The van der Waals surface area contributed by atoms with Gasteiger partial charge in [-0.05, 0) is 29.7 Å². The van der Waals surface area contributed by atoms with Crippen molar-refractivity contribution in [3.05, 3.63) is 46.2 Å². The van der Waals surface area contributed by atoms with Crippen LogP contribution < -0.4 is 14.8 Å². The van der Waals surface area contributed by atoms with E-state index in [1.165, 1.54) is 18.4 Å². The first-order valence-corrected chi connectivity index (χ1v) is 7.24. The van der Waals surface area contributed by atoms with Crippen LogP contribution in [-0.4, -0.2) is 20.1 Å². The van der Waals surface area contributed by atoms with Crippen molar-refractivity contribution in [2.45, 2.75) is 0 Å². The maximum atomic E-state index is 12.2. The number of thiophene rings is 1. The average Bonchev–Trinajstić information content (AvgIpc) is 3.05. The Morgan fingerprint density at radius 1 is 1.32 bits per heavy atom. The predicted octanol–water partition coefficient (Wildman–Crippen LogP) is 3.31. The largest absolute Gasteiger partial charge is 0.497 e. The zero-order chi connectivity index (χ0) is 15.9. The summed E-state index contributed by atoms with van der Waals surface area (Å²) in [6.07, 6.45) is 1.55. The van der Waals surface area contributed by atoms with E-state index in [2.05, 4.69) is 5.32 Å². The van der Waals surface area contributed by atoms with Gasteiger partial charge in [0.1, 0.15) is 23.1 Å². The quantitative estimate of drug-likeness (QED) is 0.679. The van der Waals surface area contributed by atoms with Crippen molar-refractivity contribution in [2.24, 2.45) is 0 Å². The number of nitrogens with one attached hydrogen (secondary N) is 1. The van der Waals surface area contributed by atoms with Gasteiger partial charge in [0.25, 0.3) is 5.91 Å². The second-order valence-electron chi connectivity index (χ2n) is 4.21. The number of ether oxygens (including phenoxy) is 2. The lowest BCUT2D eigenvalue weighted by Crippen LogP contribution is -2.14. The molecule has 0 radical (unpaired) electrons. The fraction of sp³-hybridized carbons (Fsp3) is 0.125. The third-order valence-electron chi connectivity index (χ3n) is 2.85. The molecule has 112 valence electrons. The lowest BCUT2D eigenvalue weighted by molar-refractivity contribution is -0.112. The van der Waals surface area contributed by atoms with Crippen molar-refractivity contribution in [2.75, 3.05) is 19.5 Å². The first-order valence-electron chi connectivity index (χ1n) is 6.36. The molecule has 1 aromatic heterocycles. The van der Waals surface area contributed by atoms with E-state index in [0.717, 1.165) is 4.88 Å². The Morgan fingerprint density at radius 3 is 2.73 bits per heavy atom. The summed E-state index contributed by atoms with van der Waals surface area (Å²) in [6, 6.07) is 10.6. The Morgan fingerprint density at radius 2 is 2.14 bits per heavy atom. The van der Waals surface area contributed by atoms with Gasteiger partial charge in [-0.15, -0.1) is 11.3 Å². The van der Waals surface area contributed by atoms with Crippen LogP contribution in [0.25, 0.3) is 6.08 Å². The van der Waals surface area contributed by atoms with Gasteiger partial charge < -0.3 is 14.8 Å². The molecule has 1 heterocycles. The van der Waals surface area contributed by atoms with Gasteiger partial charge in [-0.1, -0.05) is 6.07 Å². The van der Waals surface area contributed by atoms with E-state index in [-0.39, 0.29) is 5.57 Å². The van der Waals surface area contributed by atoms with Crippen LogP contribution in [0.3, 0.4) is 0 Å². The Hall–Kier alpha value is -2.78. The van der Waals surface area contributed by atoms with Crippen molar-refractivity contribution in [3.63, 3.8) is 0 Å². The SMILES string of the molecule is COc1ccc(NC(=O)C(C#N)=Cc2cccs2)c(OC)c1. The van der Waals surface area contributed by atoms with Crippen molar-refractivity contribution in [1.82, 2.24) is 0 Å². The molecule has 1 amide bonds. The summed E-state index contributed by atoms with van der Waals surface area (Å²) in [7, 11) is 3.04. The van der Waals surface area contributed by atoms with Gasteiger partial charge in [0.15, 0.2) is 0 Å². The first kappa shape index (κ1) is 15.6. The van der Waals surface area contributed by atoms with E-state index in [1.54, 1.807) is 31.4 Å². The van der Waals surface area contributed by atoms with Gasteiger partial charge in [0.2, 0.25) is 0 Å². The molecule has 0 aliphatic carbocycles.